The van der Waals surface area contributed by atoms with E-state index in [1.807, 2.05) is 6.08 Å². The Morgan fingerprint density at radius 1 is 1.08 bits per heavy atom. The van der Waals surface area contributed by atoms with Gasteiger partial charge in [-0.2, -0.15) is 0 Å². The monoisotopic (exact) mass is 356 g/mol. The molecule has 2 fully saturated rings. The average Bonchev–Trinajstić information content (AvgIpc) is 2.80. The molecule has 6 atom stereocenters. The first kappa shape index (κ1) is 18.0. The van der Waals surface area contributed by atoms with Crippen LogP contribution in [0.4, 0.5) is 0 Å². The molecule has 4 aliphatic rings. The van der Waals surface area contributed by atoms with Crippen LogP contribution in [0.3, 0.4) is 0 Å². The smallest absolute Gasteiger partial charge is 0.303 e. The number of ether oxygens (including phenoxy) is 1. The molecule has 2 saturated carbocycles. The third-order valence-electron chi connectivity index (χ3n) is 8.76. The summed E-state index contributed by atoms with van der Waals surface area (Å²) in [6, 6.07) is 0. The van der Waals surface area contributed by atoms with Gasteiger partial charge < -0.3 is 4.74 Å². The topological polar surface area (TPSA) is 43.4 Å². The van der Waals surface area contributed by atoms with Crippen LogP contribution in [-0.2, 0) is 14.3 Å². The average molecular weight is 357 g/mol. The number of carbonyl (C=O) groups excluding carboxylic acids is 2. The largest absolute Gasteiger partial charge is 0.459 e. The Morgan fingerprint density at radius 2 is 1.77 bits per heavy atom. The fourth-order valence-electron chi connectivity index (χ4n) is 7.09. The van der Waals surface area contributed by atoms with E-state index in [1.165, 1.54) is 18.1 Å². The van der Waals surface area contributed by atoms with Gasteiger partial charge in [-0.15, -0.1) is 0 Å². The van der Waals surface area contributed by atoms with Crippen molar-refractivity contribution >= 4 is 11.8 Å². The highest BCUT2D eigenvalue weighted by molar-refractivity contribution is 5.92. The lowest BCUT2D eigenvalue weighted by Gasteiger charge is -2.58. The Labute approximate surface area is 157 Å². The van der Waals surface area contributed by atoms with E-state index in [1.54, 1.807) is 0 Å². The zero-order valence-electron chi connectivity index (χ0n) is 16.9. The van der Waals surface area contributed by atoms with E-state index in [4.69, 9.17) is 4.74 Å². The van der Waals surface area contributed by atoms with Crippen molar-refractivity contribution in [1.29, 1.82) is 0 Å². The highest BCUT2D eigenvalue weighted by atomic mass is 16.6. The number of ketones is 1. The third kappa shape index (κ3) is 2.25. The van der Waals surface area contributed by atoms with Crippen molar-refractivity contribution in [3.05, 3.63) is 23.3 Å². The van der Waals surface area contributed by atoms with Crippen LogP contribution in [0.5, 0.6) is 0 Å². The van der Waals surface area contributed by atoms with E-state index in [0.29, 0.717) is 24.2 Å². The van der Waals surface area contributed by atoms with Gasteiger partial charge in [0.25, 0.3) is 0 Å². The molecule has 0 aromatic carbocycles. The summed E-state index contributed by atoms with van der Waals surface area (Å²) in [7, 11) is 0. The number of rotatable bonds is 1. The van der Waals surface area contributed by atoms with Crippen molar-refractivity contribution in [2.75, 3.05) is 0 Å². The molecule has 3 heteroatoms. The zero-order chi connectivity index (χ0) is 18.9. The summed E-state index contributed by atoms with van der Waals surface area (Å²) in [5.41, 5.74) is 2.50. The summed E-state index contributed by atoms with van der Waals surface area (Å²) in [6.45, 7) is 10.7. The molecule has 0 aromatic heterocycles. The van der Waals surface area contributed by atoms with Gasteiger partial charge in [0, 0.05) is 18.8 Å². The lowest BCUT2D eigenvalue weighted by Crippen LogP contribution is -2.54. The molecule has 0 spiro atoms. The van der Waals surface area contributed by atoms with E-state index in [9.17, 15) is 9.59 Å². The van der Waals surface area contributed by atoms with Crippen LogP contribution >= 0.6 is 0 Å². The molecule has 0 bridgehead atoms. The van der Waals surface area contributed by atoms with Crippen molar-refractivity contribution in [2.24, 2.45) is 28.6 Å². The molecule has 3 nitrogen and oxygen atoms in total. The molecule has 0 radical (unpaired) electrons. The van der Waals surface area contributed by atoms with Gasteiger partial charge in [0.05, 0.1) is 0 Å². The molecular formula is C23H32O3. The lowest BCUT2D eigenvalue weighted by atomic mass is 9.47. The van der Waals surface area contributed by atoms with Gasteiger partial charge >= 0.3 is 5.97 Å². The summed E-state index contributed by atoms with van der Waals surface area (Å²) >= 11 is 0. The fraction of sp³-hybridized carbons (Fsp3) is 0.739. The maximum Gasteiger partial charge on any atom is 0.303 e. The van der Waals surface area contributed by atoms with E-state index >= 15 is 0 Å². The van der Waals surface area contributed by atoms with Crippen LogP contribution in [0, 0.1) is 28.6 Å². The standard InChI is InChI=1S/C23H32O3/c1-14-12-16-13-17(25)6-9-21(16,3)18-7-10-22(4)19(20(14)18)8-11-23(22,5)26-15(2)24/h12-13,18-20H,6-11H2,1-5H3/t18-,19-,20+,21-,22-,23-/m0/s1. The molecule has 0 heterocycles. The first-order chi connectivity index (χ1) is 12.1. The molecule has 26 heavy (non-hydrogen) atoms. The quantitative estimate of drug-likeness (QED) is 0.621. The summed E-state index contributed by atoms with van der Waals surface area (Å²) in [4.78, 5) is 23.8. The molecular weight excluding hydrogens is 324 g/mol. The van der Waals surface area contributed by atoms with Crippen molar-refractivity contribution in [1.82, 2.24) is 0 Å². The number of esters is 1. The maximum atomic E-state index is 12.0. The van der Waals surface area contributed by atoms with Crippen LogP contribution in [0.15, 0.2) is 23.3 Å². The summed E-state index contributed by atoms with van der Waals surface area (Å²) in [5, 5.41) is 0. The maximum absolute atomic E-state index is 12.0. The number of hydrogen-bond acceptors (Lipinski definition) is 3. The normalized spacial score (nSPS) is 47.3. The van der Waals surface area contributed by atoms with E-state index < -0.39 is 0 Å². The minimum atomic E-state index is -0.353. The molecule has 4 rings (SSSR count). The SMILES string of the molecule is CC(=O)O[C@@]1(C)CC[C@H]2[C@@H]3C(C)=CC4=CC(=O)CC[C@]4(C)[C@H]3CC[C@@]21C. The van der Waals surface area contributed by atoms with Crippen molar-refractivity contribution in [3.63, 3.8) is 0 Å². The Balaban J connectivity index is 1.76. The van der Waals surface area contributed by atoms with Crippen LogP contribution in [-0.4, -0.2) is 17.4 Å². The van der Waals surface area contributed by atoms with E-state index in [2.05, 4.69) is 33.8 Å². The second-order valence-electron chi connectivity index (χ2n) is 9.93. The summed E-state index contributed by atoms with van der Waals surface area (Å²) in [6.07, 6.45) is 10.2. The van der Waals surface area contributed by atoms with Gasteiger partial charge in [-0.25, -0.2) is 0 Å². The molecule has 0 saturated heterocycles. The summed E-state index contributed by atoms with van der Waals surface area (Å²) < 4.78 is 5.92. The van der Waals surface area contributed by atoms with Crippen molar-refractivity contribution < 1.29 is 14.3 Å². The highest BCUT2D eigenvalue weighted by Crippen LogP contribution is 2.68. The summed E-state index contributed by atoms with van der Waals surface area (Å²) in [5.74, 6) is 1.82. The fourth-order valence-corrected chi connectivity index (χ4v) is 7.09. The second-order valence-corrected chi connectivity index (χ2v) is 9.93. The van der Waals surface area contributed by atoms with E-state index in [-0.39, 0.29) is 28.2 Å². The number of carbonyl (C=O) groups is 2. The Bertz CT molecular complexity index is 732. The van der Waals surface area contributed by atoms with Gasteiger partial charge in [0.15, 0.2) is 5.78 Å². The molecule has 0 aromatic rings. The zero-order valence-corrected chi connectivity index (χ0v) is 16.9. The highest BCUT2D eigenvalue weighted by Gasteiger charge is 2.64. The number of fused-ring (bicyclic) bond motifs is 5. The Morgan fingerprint density at radius 3 is 2.46 bits per heavy atom. The number of allylic oxidation sites excluding steroid dienone is 4. The van der Waals surface area contributed by atoms with E-state index in [0.717, 1.165) is 32.1 Å². The predicted molar refractivity (Wildman–Crippen MR) is 101 cm³/mol. The first-order valence-corrected chi connectivity index (χ1v) is 10.2. The molecule has 0 aliphatic heterocycles. The Hall–Kier alpha value is -1.38. The predicted octanol–water partition coefficient (Wildman–Crippen LogP) is 5.01. The minimum absolute atomic E-state index is 0.0387. The van der Waals surface area contributed by atoms with Crippen molar-refractivity contribution in [3.8, 4) is 0 Å². The first-order valence-electron chi connectivity index (χ1n) is 10.2. The molecule has 4 aliphatic carbocycles. The van der Waals surface area contributed by atoms with Crippen LogP contribution in [0.1, 0.15) is 73.1 Å². The van der Waals surface area contributed by atoms with Gasteiger partial charge in [-0.1, -0.05) is 25.5 Å². The molecule has 0 unspecified atom stereocenters. The lowest BCUT2D eigenvalue weighted by molar-refractivity contribution is -0.175. The van der Waals surface area contributed by atoms with Gasteiger partial charge in [-0.05, 0) is 80.8 Å². The molecule has 0 amide bonds. The van der Waals surface area contributed by atoms with Crippen LogP contribution in [0.2, 0.25) is 0 Å². The van der Waals surface area contributed by atoms with Gasteiger partial charge in [0.1, 0.15) is 5.60 Å². The molecule has 0 N–H and O–H groups in total. The molecule has 142 valence electrons. The minimum Gasteiger partial charge on any atom is -0.459 e. The second kappa shape index (κ2) is 5.56. The van der Waals surface area contributed by atoms with Crippen LogP contribution < -0.4 is 0 Å². The van der Waals surface area contributed by atoms with Crippen LogP contribution in [0.25, 0.3) is 0 Å². The van der Waals surface area contributed by atoms with Gasteiger partial charge in [-0.3, -0.25) is 9.59 Å². The Kier molecular flexibility index (Phi) is 3.85. The van der Waals surface area contributed by atoms with Crippen molar-refractivity contribution in [2.45, 2.75) is 78.7 Å². The third-order valence-corrected chi connectivity index (χ3v) is 8.76. The number of hydrogen-bond donors (Lipinski definition) is 0. The van der Waals surface area contributed by atoms with Gasteiger partial charge in [0.2, 0.25) is 0 Å².